The molecule has 1 fully saturated rings. The predicted molar refractivity (Wildman–Crippen MR) is 119 cm³/mol. The second-order valence-electron chi connectivity index (χ2n) is 9.46. The van der Waals surface area contributed by atoms with Gasteiger partial charge < -0.3 is 14.8 Å². The van der Waals surface area contributed by atoms with Crippen LogP contribution < -0.4 is 5.32 Å². The number of amides is 1. The van der Waals surface area contributed by atoms with Gasteiger partial charge in [0, 0.05) is 17.5 Å². The summed E-state index contributed by atoms with van der Waals surface area (Å²) in [6.07, 6.45) is 0.846. The van der Waals surface area contributed by atoms with Gasteiger partial charge in [-0.05, 0) is 66.0 Å². The Morgan fingerprint density at radius 3 is 2.52 bits per heavy atom. The summed E-state index contributed by atoms with van der Waals surface area (Å²) in [6, 6.07) is 4.84. The number of rotatable bonds is 8. The lowest BCUT2D eigenvalue weighted by atomic mass is 9.90. The standard InChI is InChI=1S/C24H30FN3O5/c1-6-32-21(30)15(13-24(10-11-24)28-22(31)33-23(3,4)5)12-18(29)16-8-7-9-17-19(16)27-20(25)14(2)26-17/h7-9,15H,6,10-13H2,1-5H3,(H,28,31). The largest absolute Gasteiger partial charge is 0.466 e. The number of benzene rings is 1. The Labute approximate surface area is 192 Å². The Kier molecular flexibility index (Phi) is 7.00. The van der Waals surface area contributed by atoms with Crippen LogP contribution in [0.15, 0.2) is 18.2 Å². The summed E-state index contributed by atoms with van der Waals surface area (Å²) in [5.74, 6) is -2.42. The minimum absolute atomic E-state index is 0.139. The first kappa shape index (κ1) is 24.5. The number of aromatic nitrogens is 2. The van der Waals surface area contributed by atoms with Gasteiger partial charge in [-0.3, -0.25) is 9.59 Å². The second kappa shape index (κ2) is 9.41. The minimum atomic E-state index is -0.784. The molecule has 1 amide bonds. The zero-order valence-corrected chi connectivity index (χ0v) is 19.7. The number of ether oxygens (including phenoxy) is 2. The number of ketones is 1. The maximum Gasteiger partial charge on any atom is 0.408 e. The number of hydrogen-bond donors (Lipinski definition) is 1. The van der Waals surface area contributed by atoms with Crippen molar-refractivity contribution in [1.82, 2.24) is 15.3 Å². The number of halogens is 1. The molecule has 1 aromatic carbocycles. The van der Waals surface area contributed by atoms with Crippen molar-refractivity contribution in [3.63, 3.8) is 0 Å². The van der Waals surface area contributed by atoms with Crippen molar-refractivity contribution in [3.05, 3.63) is 35.4 Å². The Bertz CT molecular complexity index is 1080. The third-order valence-corrected chi connectivity index (χ3v) is 5.42. The van der Waals surface area contributed by atoms with Gasteiger partial charge in [0.05, 0.1) is 23.7 Å². The van der Waals surface area contributed by atoms with Crippen molar-refractivity contribution in [2.45, 2.75) is 71.4 Å². The molecule has 9 heteroatoms. The van der Waals surface area contributed by atoms with E-state index in [1.165, 1.54) is 6.92 Å². The third kappa shape index (κ3) is 6.24. The Morgan fingerprint density at radius 2 is 1.91 bits per heavy atom. The van der Waals surface area contributed by atoms with E-state index in [2.05, 4.69) is 15.3 Å². The van der Waals surface area contributed by atoms with Crippen LogP contribution in [-0.4, -0.2) is 45.6 Å². The smallest absolute Gasteiger partial charge is 0.408 e. The number of fused-ring (bicyclic) bond motifs is 1. The van der Waals surface area contributed by atoms with Crippen LogP contribution in [0.4, 0.5) is 9.18 Å². The number of Topliss-reactive ketones (excluding diaryl/α,β-unsaturated/α-hetero) is 1. The molecule has 0 spiro atoms. The normalized spacial score (nSPS) is 15.6. The first-order chi connectivity index (χ1) is 15.4. The molecule has 2 aromatic rings. The molecule has 0 bridgehead atoms. The maximum absolute atomic E-state index is 14.0. The molecule has 0 saturated heterocycles. The monoisotopic (exact) mass is 459 g/mol. The van der Waals surface area contributed by atoms with Gasteiger partial charge in [0.1, 0.15) is 11.1 Å². The van der Waals surface area contributed by atoms with Crippen LogP contribution in [0.1, 0.15) is 69.4 Å². The number of alkyl carbamates (subject to hydrolysis) is 1. The average molecular weight is 460 g/mol. The topological polar surface area (TPSA) is 107 Å². The van der Waals surface area contributed by atoms with Crippen molar-refractivity contribution >= 4 is 28.9 Å². The molecule has 0 radical (unpaired) electrons. The highest BCUT2D eigenvalue weighted by Crippen LogP contribution is 2.42. The van der Waals surface area contributed by atoms with Gasteiger partial charge in [0.15, 0.2) is 5.78 Å². The van der Waals surface area contributed by atoms with Crippen molar-refractivity contribution in [2.75, 3.05) is 6.61 Å². The molecule has 0 aliphatic heterocycles. The van der Waals surface area contributed by atoms with Gasteiger partial charge in [0.25, 0.3) is 0 Å². The molecule has 3 rings (SSSR count). The first-order valence-electron chi connectivity index (χ1n) is 11.1. The molecule has 178 valence electrons. The molecule has 1 N–H and O–H groups in total. The SMILES string of the molecule is CCOC(=O)C(CC(=O)c1cccc2nc(C)c(F)nc12)CC1(NC(=O)OC(C)(C)C)CC1. The number of esters is 1. The van der Waals surface area contributed by atoms with Crippen LogP contribution in [0.3, 0.4) is 0 Å². The van der Waals surface area contributed by atoms with Crippen LogP contribution in [0.25, 0.3) is 11.0 Å². The number of para-hydroxylation sites is 1. The minimum Gasteiger partial charge on any atom is -0.466 e. The molecule has 1 heterocycles. The first-order valence-corrected chi connectivity index (χ1v) is 11.1. The van der Waals surface area contributed by atoms with Gasteiger partial charge in [-0.2, -0.15) is 4.39 Å². The highest BCUT2D eigenvalue weighted by molar-refractivity contribution is 6.06. The molecule has 1 aliphatic rings. The molecule has 1 saturated carbocycles. The van der Waals surface area contributed by atoms with Crippen LogP contribution in [-0.2, 0) is 14.3 Å². The van der Waals surface area contributed by atoms with E-state index in [9.17, 15) is 18.8 Å². The van der Waals surface area contributed by atoms with Crippen LogP contribution >= 0.6 is 0 Å². The van der Waals surface area contributed by atoms with Gasteiger partial charge in [0.2, 0.25) is 5.95 Å². The maximum atomic E-state index is 14.0. The lowest BCUT2D eigenvalue weighted by Crippen LogP contribution is -2.43. The zero-order valence-electron chi connectivity index (χ0n) is 19.7. The zero-order chi connectivity index (χ0) is 24.4. The van der Waals surface area contributed by atoms with E-state index in [1.807, 2.05) is 0 Å². The van der Waals surface area contributed by atoms with Gasteiger partial charge in [-0.1, -0.05) is 6.07 Å². The van der Waals surface area contributed by atoms with Crippen LogP contribution in [0.2, 0.25) is 0 Å². The Morgan fingerprint density at radius 1 is 1.21 bits per heavy atom. The van der Waals surface area contributed by atoms with E-state index in [0.717, 1.165) is 0 Å². The number of carbonyl (C=O) groups is 3. The van der Waals surface area contributed by atoms with E-state index in [4.69, 9.17) is 9.47 Å². The van der Waals surface area contributed by atoms with Gasteiger partial charge >= 0.3 is 12.1 Å². The summed E-state index contributed by atoms with van der Waals surface area (Å²) >= 11 is 0. The average Bonchev–Trinajstić information content (AvgIpc) is 3.45. The number of aryl methyl sites for hydroxylation is 1. The number of nitrogens with zero attached hydrogens (tertiary/aromatic N) is 2. The highest BCUT2D eigenvalue weighted by atomic mass is 19.1. The van der Waals surface area contributed by atoms with E-state index in [0.29, 0.717) is 18.4 Å². The number of hydrogen-bond acceptors (Lipinski definition) is 7. The number of nitrogens with one attached hydrogen (secondary N) is 1. The van der Waals surface area contributed by atoms with Gasteiger partial charge in [-0.25, -0.2) is 14.8 Å². The van der Waals surface area contributed by atoms with E-state index < -0.39 is 35.1 Å². The highest BCUT2D eigenvalue weighted by Gasteiger charge is 2.48. The Hall–Kier alpha value is -3.10. The van der Waals surface area contributed by atoms with E-state index >= 15 is 0 Å². The van der Waals surface area contributed by atoms with Crippen LogP contribution in [0, 0.1) is 18.8 Å². The van der Waals surface area contributed by atoms with Crippen molar-refractivity contribution in [3.8, 4) is 0 Å². The number of carbonyl (C=O) groups excluding carboxylic acids is 3. The predicted octanol–water partition coefficient (Wildman–Crippen LogP) is 4.28. The molecular weight excluding hydrogens is 429 g/mol. The summed E-state index contributed by atoms with van der Waals surface area (Å²) < 4.78 is 24.6. The quantitative estimate of drug-likeness (QED) is 0.464. The molecule has 1 aliphatic carbocycles. The summed E-state index contributed by atoms with van der Waals surface area (Å²) in [5.41, 5.74) is -0.390. The molecular formula is C24H30FN3O5. The fourth-order valence-corrected chi connectivity index (χ4v) is 3.73. The second-order valence-corrected chi connectivity index (χ2v) is 9.46. The van der Waals surface area contributed by atoms with Crippen molar-refractivity contribution < 1.29 is 28.2 Å². The van der Waals surface area contributed by atoms with Crippen molar-refractivity contribution in [2.24, 2.45) is 5.92 Å². The van der Waals surface area contributed by atoms with E-state index in [1.54, 1.807) is 45.9 Å². The van der Waals surface area contributed by atoms with E-state index in [-0.39, 0.29) is 42.0 Å². The molecule has 1 atom stereocenters. The molecule has 1 aromatic heterocycles. The lowest BCUT2D eigenvalue weighted by molar-refractivity contribution is -0.148. The van der Waals surface area contributed by atoms with Crippen molar-refractivity contribution in [1.29, 1.82) is 0 Å². The molecule has 33 heavy (non-hydrogen) atoms. The summed E-state index contributed by atoms with van der Waals surface area (Å²) in [6.45, 7) is 8.66. The fourth-order valence-electron chi connectivity index (χ4n) is 3.73. The fraction of sp³-hybridized carbons (Fsp3) is 0.542. The van der Waals surface area contributed by atoms with Gasteiger partial charge in [-0.15, -0.1) is 0 Å². The summed E-state index contributed by atoms with van der Waals surface area (Å²) in [7, 11) is 0. The Balaban J connectivity index is 1.81. The molecule has 1 unspecified atom stereocenters. The molecule has 8 nitrogen and oxygen atoms in total. The third-order valence-electron chi connectivity index (χ3n) is 5.42. The summed E-state index contributed by atoms with van der Waals surface area (Å²) in [4.78, 5) is 46.2. The lowest BCUT2D eigenvalue weighted by Gasteiger charge is -2.25. The summed E-state index contributed by atoms with van der Waals surface area (Å²) in [5, 5.41) is 2.86. The van der Waals surface area contributed by atoms with Crippen LogP contribution in [0.5, 0.6) is 0 Å².